The molecule has 154 valence electrons. The van der Waals surface area contributed by atoms with Gasteiger partial charge in [0.1, 0.15) is 0 Å². The van der Waals surface area contributed by atoms with Gasteiger partial charge in [0.15, 0.2) is 0 Å². The van der Waals surface area contributed by atoms with Crippen molar-refractivity contribution in [2.24, 2.45) is 0 Å². The van der Waals surface area contributed by atoms with Gasteiger partial charge in [0.25, 0.3) is 0 Å². The summed E-state index contributed by atoms with van der Waals surface area (Å²) < 4.78 is 7.03. The molecule has 0 aliphatic carbocycles. The first-order valence-electron chi connectivity index (χ1n) is 9.72. The molecule has 0 saturated carbocycles. The van der Waals surface area contributed by atoms with Crippen LogP contribution in [0.1, 0.15) is 28.9 Å². The Bertz CT molecular complexity index is 753. The Morgan fingerprint density at radius 2 is 1.89 bits per heavy atom. The summed E-state index contributed by atoms with van der Waals surface area (Å²) >= 11 is 0. The number of carbonyl (C=O) groups excluding carboxylic acids is 1. The number of urea groups is 1. The summed E-state index contributed by atoms with van der Waals surface area (Å²) in [5, 5.41) is 10.4. The van der Waals surface area contributed by atoms with Gasteiger partial charge in [0, 0.05) is 51.2 Å². The highest BCUT2D eigenvalue weighted by atomic mass is 16.5. The summed E-state index contributed by atoms with van der Waals surface area (Å²) in [6, 6.07) is 8.37. The monoisotopic (exact) mass is 387 g/mol. The Morgan fingerprint density at radius 1 is 1.18 bits per heavy atom. The third-order valence-electron chi connectivity index (χ3n) is 4.84. The lowest BCUT2D eigenvalue weighted by Crippen LogP contribution is -2.35. The third kappa shape index (κ3) is 6.27. The van der Waals surface area contributed by atoms with Crippen molar-refractivity contribution in [2.75, 3.05) is 39.3 Å². The molecule has 0 fully saturated rings. The van der Waals surface area contributed by atoms with E-state index < -0.39 is 0 Å². The number of aryl methyl sites for hydroxylation is 2. The maximum atomic E-state index is 12.1. The minimum Gasteiger partial charge on any atom is -0.383 e. The maximum Gasteiger partial charge on any atom is 0.315 e. The fourth-order valence-corrected chi connectivity index (χ4v) is 3.07. The first-order valence-corrected chi connectivity index (χ1v) is 9.72. The highest BCUT2D eigenvalue weighted by molar-refractivity contribution is 5.73. The number of hydrogen-bond acceptors (Lipinski definition) is 4. The Labute approximate surface area is 168 Å². The quantitative estimate of drug-likeness (QED) is 0.615. The molecule has 2 N–H and O–H groups in total. The average Bonchev–Trinajstić information content (AvgIpc) is 2.95. The molecule has 2 aromatic rings. The minimum absolute atomic E-state index is 0.147. The van der Waals surface area contributed by atoms with E-state index in [1.807, 2.05) is 32.6 Å². The second kappa shape index (κ2) is 10.7. The number of methoxy groups -OCH3 is 1. The highest BCUT2D eigenvalue weighted by Crippen LogP contribution is 2.14. The molecule has 2 rings (SSSR count). The number of carbonyl (C=O) groups is 1. The van der Waals surface area contributed by atoms with E-state index in [4.69, 9.17) is 4.74 Å². The Hall–Kier alpha value is -2.54. The molecular weight excluding hydrogens is 354 g/mol. The van der Waals surface area contributed by atoms with Crippen LogP contribution in [0.3, 0.4) is 0 Å². The number of benzene rings is 1. The molecule has 0 spiro atoms. The van der Waals surface area contributed by atoms with Crippen LogP contribution < -0.4 is 15.5 Å². The number of aromatic nitrogens is 2. The van der Waals surface area contributed by atoms with E-state index in [-0.39, 0.29) is 6.03 Å². The molecule has 7 heteroatoms. The van der Waals surface area contributed by atoms with Crippen LogP contribution in [0.2, 0.25) is 0 Å². The van der Waals surface area contributed by atoms with Crippen LogP contribution in [0, 0.1) is 13.8 Å². The van der Waals surface area contributed by atoms with Crippen molar-refractivity contribution in [3.63, 3.8) is 0 Å². The van der Waals surface area contributed by atoms with E-state index in [0.29, 0.717) is 26.2 Å². The molecule has 0 atom stereocenters. The smallest absolute Gasteiger partial charge is 0.315 e. The molecule has 0 unspecified atom stereocenters. The zero-order valence-corrected chi connectivity index (χ0v) is 17.7. The van der Waals surface area contributed by atoms with E-state index >= 15 is 0 Å². The molecule has 0 bridgehead atoms. The molecule has 0 aliphatic heterocycles. The maximum absolute atomic E-state index is 12.1. The molecule has 1 aromatic heterocycles. The molecule has 7 nitrogen and oxygen atoms in total. The van der Waals surface area contributed by atoms with Crippen molar-refractivity contribution < 1.29 is 9.53 Å². The van der Waals surface area contributed by atoms with Crippen LogP contribution in [-0.2, 0) is 24.2 Å². The summed E-state index contributed by atoms with van der Waals surface area (Å²) in [5.74, 6) is 0. The van der Waals surface area contributed by atoms with Gasteiger partial charge in [-0.15, -0.1) is 0 Å². The van der Waals surface area contributed by atoms with E-state index in [2.05, 4.69) is 44.9 Å². The number of anilines is 1. The fourth-order valence-electron chi connectivity index (χ4n) is 3.07. The fraction of sp³-hybridized carbons (Fsp3) is 0.524. The number of hydrogen-bond donors (Lipinski definition) is 2. The van der Waals surface area contributed by atoms with E-state index in [9.17, 15) is 4.79 Å². The number of nitrogens with one attached hydrogen (secondary N) is 2. The number of rotatable bonds is 10. The first-order chi connectivity index (χ1) is 13.4. The standard InChI is InChI=1S/C21H33N5O2/c1-16-20(17(2)26(24-16)13-14-28-5)15-23-21(27)22-12-6-7-18-8-10-19(11-9-18)25(3)4/h8-11H,6-7,12-15H2,1-5H3,(H2,22,23,27). The normalized spacial score (nSPS) is 10.8. The van der Waals surface area contributed by atoms with Crippen molar-refractivity contribution in [3.05, 3.63) is 46.8 Å². The molecule has 0 aliphatic rings. The predicted molar refractivity (Wildman–Crippen MR) is 113 cm³/mol. The van der Waals surface area contributed by atoms with Gasteiger partial charge in [0.05, 0.1) is 18.8 Å². The second-order valence-corrected chi connectivity index (χ2v) is 7.14. The third-order valence-corrected chi connectivity index (χ3v) is 4.84. The van der Waals surface area contributed by atoms with Crippen molar-refractivity contribution >= 4 is 11.7 Å². The Kier molecular flexibility index (Phi) is 8.32. The number of nitrogens with zero attached hydrogens (tertiary/aromatic N) is 3. The van der Waals surface area contributed by atoms with Crippen LogP contribution in [0.4, 0.5) is 10.5 Å². The Morgan fingerprint density at radius 3 is 2.54 bits per heavy atom. The molecule has 1 aromatic carbocycles. The summed E-state index contributed by atoms with van der Waals surface area (Å²) in [6.07, 6.45) is 1.85. The lowest BCUT2D eigenvalue weighted by atomic mass is 10.1. The van der Waals surface area contributed by atoms with Gasteiger partial charge in [-0.05, 0) is 44.4 Å². The first kappa shape index (κ1) is 21.8. The molecule has 1 heterocycles. The van der Waals surface area contributed by atoms with Crippen molar-refractivity contribution in [2.45, 2.75) is 39.8 Å². The SMILES string of the molecule is COCCn1nc(C)c(CNC(=O)NCCCc2ccc(N(C)C)cc2)c1C. The van der Waals surface area contributed by atoms with Crippen LogP contribution in [0.15, 0.2) is 24.3 Å². The molecule has 0 saturated heterocycles. The van der Waals surface area contributed by atoms with Crippen LogP contribution in [0.5, 0.6) is 0 Å². The van der Waals surface area contributed by atoms with E-state index in [1.165, 1.54) is 11.3 Å². The van der Waals surface area contributed by atoms with Gasteiger partial charge in [-0.3, -0.25) is 4.68 Å². The van der Waals surface area contributed by atoms with Gasteiger partial charge in [-0.1, -0.05) is 12.1 Å². The largest absolute Gasteiger partial charge is 0.383 e. The van der Waals surface area contributed by atoms with Crippen molar-refractivity contribution in [1.29, 1.82) is 0 Å². The lowest BCUT2D eigenvalue weighted by molar-refractivity contribution is 0.182. The van der Waals surface area contributed by atoms with Gasteiger partial charge in [0.2, 0.25) is 0 Å². The molecule has 0 radical (unpaired) electrons. The van der Waals surface area contributed by atoms with Gasteiger partial charge in [-0.25, -0.2) is 4.79 Å². The topological polar surface area (TPSA) is 71.4 Å². The van der Waals surface area contributed by atoms with Crippen LogP contribution >= 0.6 is 0 Å². The highest BCUT2D eigenvalue weighted by Gasteiger charge is 2.12. The lowest BCUT2D eigenvalue weighted by Gasteiger charge is -2.12. The number of ether oxygens (including phenoxy) is 1. The predicted octanol–water partition coefficient (Wildman–Crippen LogP) is 2.64. The second-order valence-electron chi connectivity index (χ2n) is 7.14. The van der Waals surface area contributed by atoms with Crippen molar-refractivity contribution in [3.8, 4) is 0 Å². The zero-order chi connectivity index (χ0) is 20.5. The van der Waals surface area contributed by atoms with Crippen LogP contribution in [0.25, 0.3) is 0 Å². The van der Waals surface area contributed by atoms with Gasteiger partial charge < -0.3 is 20.3 Å². The van der Waals surface area contributed by atoms with Crippen molar-refractivity contribution in [1.82, 2.24) is 20.4 Å². The zero-order valence-electron chi connectivity index (χ0n) is 17.7. The number of amides is 2. The van der Waals surface area contributed by atoms with E-state index in [1.54, 1.807) is 7.11 Å². The Balaban J connectivity index is 1.71. The van der Waals surface area contributed by atoms with E-state index in [0.717, 1.165) is 29.8 Å². The van der Waals surface area contributed by atoms with Crippen LogP contribution in [-0.4, -0.2) is 50.2 Å². The molecular formula is C21H33N5O2. The van der Waals surface area contributed by atoms with Gasteiger partial charge >= 0.3 is 6.03 Å². The summed E-state index contributed by atoms with van der Waals surface area (Å²) in [7, 11) is 5.74. The summed E-state index contributed by atoms with van der Waals surface area (Å²) in [4.78, 5) is 14.2. The van der Waals surface area contributed by atoms with Gasteiger partial charge in [-0.2, -0.15) is 5.10 Å². The minimum atomic E-state index is -0.147. The molecule has 2 amide bonds. The summed E-state index contributed by atoms with van der Waals surface area (Å²) in [5.41, 5.74) is 5.54. The average molecular weight is 388 g/mol. The summed E-state index contributed by atoms with van der Waals surface area (Å²) in [6.45, 7) is 6.44. The molecule has 28 heavy (non-hydrogen) atoms.